The third-order valence-corrected chi connectivity index (χ3v) is 1.91. The third-order valence-electron chi connectivity index (χ3n) is 1.28. The first kappa shape index (κ1) is 9.37. The molecule has 0 fully saturated rings. The molecule has 0 bridgehead atoms. The first-order chi connectivity index (χ1) is 5.84. The van der Waals surface area contributed by atoms with Gasteiger partial charge in [0.25, 0.3) is 0 Å². The van der Waals surface area contributed by atoms with Crippen LogP contribution in [0.5, 0.6) is 0 Å². The summed E-state index contributed by atoms with van der Waals surface area (Å²) in [5, 5.41) is 3.10. The van der Waals surface area contributed by atoms with Crippen LogP contribution in [0.2, 0.25) is 0 Å². The molecule has 12 heavy (non-hydrogen) atoms. The van der Waals surface area contributed by atoms with E-state index in [-0.39, 0.29) is 0 Å². The van der Waals surface area contributed by atoms with Crippen LogP contribution in [0.4, 0.5) is 0 Å². The van der Waals surface area contributed by atoms with E-state index in [1.807, 2.05) is 13.0 Å². The number of furan rings is 1. The van der Waals surface area contributed by atoms with Crippen molar-refractivity contribution in [1.29, 1.82) is 0 Å². The molecular formula is C9H10BrNO. The van der Waals surface area contributed by atoms with Gasteiger partial charge in [-0.2, -0.15) is 0 Å². The van der Waals surface area contributed by atoms with Gasteiger partial charge in [0.2, 0.25) is 0 Å². The average Bonchev–Trinajstić information content (AvgIpc) is 2.46. The molecule has 0 spiro atoms. The second-order valence-corrected chi connectivity index (χ2v) is 3.03. The van der Waals surface area contributed by atoms with Crippen LogP contribution in [0, 0.1) is 11.8 Å². The van der Waals surface area contributed by atoms with Crippen LogP contribution < -0.4 is 5.32 Å². The maximum atomic E-state index is 5.10. The number of rotatable bonds is 2. The minimum Gasteiger partial charge on any atom is -0.455 e. The standard InChI is InChI=1S/C9H10BrNO/c1-2-11-6-3-4-9-8(10)5-7-12-9/h5,7,11H,2,6H2,1H3. The zero-order valence-electron chi connectivity index (χ0n) is 6.86. The van der Waals surface area contributed by atoms with Gasteiger partial charge < -0.3 is 9.73 Å². The van der Waals surface area contributed by atoms with Crippen molar-refractivity contribution < 1.29 is 4.42 Å². The Bertz CT molecular complexity index is 295. The minimum absolute atomic E-state index is 0.688. The fourth-order valence-electron chi connectivity index (χ4n) is 0.695. The molecule has 0 aliphatic rings. The van der Waals surface area contributed by atoms with Gasteiger partial charge in [0.05, 0.1) is 17.3 Å². The van der Waals surface area contributed by atoms with Crippen molar-refractivity contribution in [3.8, 4) is 11.8 Å². The molecule has 0 aliphatic carbocycles. The number of halogens is 1. The van der Waals surface area contributed by atoms with Gasteiger partial charge in [-0.25, -0.2) is 0 Å². The van der Waals surface area contributed by atoms with Crippen LogP contribution >= 0.6 is 15.9 Å². The first-order valence-corrected chi connectivity index (χ1v) is 4.56. The predicted molar refractivity (Wildman–Crippen MR) is 51.8 cm³/mol. The first-order valence-electron chi connectivity index (χ1n) is 3.77. The van der Waals surface area contributed by atoms with Crippen molar-refractivity contribution in [3.05, 3.63) is 22.6 Å². The molecule has 1 N–H and O–H groups in total. The van der Waals surface area contributed by atoms with Crippen LogP contribution in [0.15, 0.2) is 21.2 Å². The van der Waals surface area contributed by atoms with Crippen molar-refractivity contribution in [2.45, 2.75) is 6.92 Å². The molecule has 1 heterocycles. The van der Waals surface area contributed by atoms with Gasteiger partial charge in [-0.3, -0.25) is 0 Å². The minimum atomic E-state index is 0.688. The maximum absolute atomic E-state index is 5.10. The average molecular weight is 228 g/mol. The SMILES string of the molecule is CCNCC#Cc1occc1Br. The fourth-order valence-corrected chi connectivity index (χ4v) is 0.995. The van der Waals surface area contributed by atoms with E-state index in [0.717, 1.165) is 11.0 Å². The van der Waals surface area contributed by atoms with Gasteiger partial charge in [0.1, 0.15) is 0 Å². The Morgan fingerprint density at radius 1 is 1.67 bits per heavy atom. The van der Waals surface area contributed by atoms with Crippen molar-refractivity contribution in [3.63, 3.8) is 0 Å². The molecular weight excluding hydrogens is 218 g/mol. The Balaban J connectivity index is 2.49. The van der Waals surface area contributed by atoms with Gasteiger partial charge in [-0.1, -0.05) is 12.8 Å². The van der Waals surface area contributed by atoms with E-state index in [1.165, 1.54) is 0 Å². The van der Waals surface area contributed by atoms with Crippen molar-refractivity contribution >= 4 is 15.9 Å². The topological polar surface area (TPSA) is 25.2 Å². The van der Waals surface area contributed by atoms with E-state index in [1.54, 1.807) is 6.26 Å². The smallest absolute Gasteiger partial charge is 0.190 e. The summed E-state index contributed by atoms with van der Waals surface area (Å²) >= 11 is 3.32. The van der Waals surface area contributed by atoms with Gasteiger partial charge in [-0.05, 0) is 34.5 Å². The monoisotopic (exact) mass is 227 g/mol. The second-order valence-electron chi connectivity index (χ2n) is 2.18. The van der Waals surface area contributed by atoms with E-state index < -0.39 is 0 Å². The molecule has 0 saturated heterocycles. The maximum Gasteiger partial charge on any atom is 0.190 e. The summed E-state index contributed by atoms with van der Waals surface area (Å²) in [6, 6.07) is 1.83. The van der Waals surface area contributed by atoms with E-state index >= 15 is 0 Å². The van der Waals surface area contributed by atoms with Gasteiger partial charge >= 0.3 is 0 Å². The molecule has 0 aromatic carbocycles. The molecule has 2 nitrogen and oxygen atoms in total. The molecule has 3 heteroatoms. The number of hydrogen-bond donors (Lipinski definition) is 1. The molecule has 0 aliphatic heterocycles. The second kappa shape index (κ2) is 5.02. The molecule has 0 unspecified atom stereocenters. The molecule has 0 atom stereocenters. The van der Waals surface area contributed by atoms with Crippen molar-refractivity contribution in [2.24, 2.45) is 0 Å². The third kappa shape index (κ3) is 2.72. The Morgan fingerprint density at radius 3 is 3.08 bits per heavy atom. The van der Waals surface area contributed by atoms with Crippen LogP contribution in [-0.2, 0) is 0 Å². The van der Waals surface area contributed by atoms with Crippen LogP contribution in [0.1, 0.15) is 12.7 Å². The lowest BCUT2D eigenvalue weighted by Crippen LogP contribution is -2.11. The Kier molecular flexibility index (Phi) is 3.92. The summed E-state index contributed by atoms with van der Waals surface area (Å²) in [6.45, 7) is 3.68. The number of hydrogen-bond acceptors (Lipinski definition) is 2. The zero-order valence-corrected chi connectivity index (χ0v) is 8.44. The molecule has 0 amide bonds. The van der Waals surface area contributed by atoms with E-state index in [0.29, 0.717) is 12.3 Å². The summed E-state index contributed by atoms with van der Waals surface area (Å²) in [4.78, 5) is 0. The molecule has 0 saturated carbocycles. The van der Waals surface area contributed by atoms with Gasteiger partial charge in [0.15, 0.2) is 5.76 Å². The van der Waals surface area contributed by atoms with Crippen molar-refractivity contribution in [1.82, 2.24) is 5.32 Å². The Morgan fingerprint density at radius 2 is 2.50 bits per heavy atom. The van der Waals surface area contributed by atoms with Crippen LogP contribution in [0.25, 0.3) is 0 Å². The molecule has 0 radical (unpaired) electrons. The summed E-state index contributed by atoms with van der Waals surface area (Å²) in [5.41, 5.74) is 0. The highest BCUT2D eigenvalue weighted by Gasteiger charge is 1.96. The fraction of sp³-hybridized carbons (Fsp3) is 0.333. The molecule has 1 rings (SSSR count). The summed E-state index contributed by atoms with van der Waals surface area (Å²) in [7, 11) is 0. The highest BCUT2D eigenvalue weighted by molar-refractivity contribution is 9.10. The van der Waals surface area contributed by atoms with E-state index in [2.05, 4.69) is 33.1 Å². The van der Waals surface area contributed by atoms with Gasteiger partial charge in [-0.15, -0.1) is 0 Å². The number of nitrogens with one attached hydrogen (secondary N) is 1. The van der Waals surface area contributed by atoms with E-state index in [9.17, 15) is 0 Å². The van der Waals surface area contributed by atoms with E-state index in [4.69, 9.17) is 4.42 Å². The molecule has 64 valence electrons. The molecule has 1 aromatic rings. The lowest BCUT2D eigenvalue weighted by molar-refractivity contribution is 0.552. The lowest BCUT2D eigenvalue weighted by atomic mass is 10.4. The summed E-state index contributed by atoms with van der Waals surface area (Å²) in [6.07, 6.45) is 1.61. The summed E-state index contributed by atoms with van der Waals surface area (Å²) < 4.78 is 6.01. The van der Waals surface area contributed by atoms with Crippen LogP contribution in [-0.4, -0.2) is 13.1 Å². The van der Waals surface area contributed by atoms with Gasteiger partial charge in [0, 0.05) is 0 Å². The normalized spacial score (nSPS) is 9.17. The largest absolute Gasteiger partial charge is 0.455 e. The van der Waals surface area contributed by atoms with Crippen LogP contribution in [0.3, 0.4) is 0 Å². The lowest BCUT2D eigenvalue weighted by Gasteiger charge is -1.88. The highest BCUT2D eigenvalue weighted by atomic mass is 79.9. The molecule has 1 aromatic heterocycles. The quantitative estimate of drug-likeness (QED) is 0.618. The zero-order chi connectivity index (χ0) is 8.81. The predicted octanol–water partition coefficient (Wildman–Crippen LogP) is 2.00. The summed E-state index contributed by atoms with van der Waals surface area (Å²) in [5.74, 6) is 6.53. The Labute approximate surface area is 80.5 Å². The Hall–Kier alpha value is -0.720. The highest BCUT2D eigenvalue weighted by Crippen LogP contribution is 2.15. The van der Waals surface area contributed by atoms with Crippen molar-refractivity contribution in [2.75, 3.05) is 13.1 Å².